The monoisotopic (exact) mass is 309 g/mol. The summed E-state index contributed by atoms with van der Waals surface area (Å²) in [6, 6.07) is 8.06. The number of methoxy groups -OCH3 is 1. The van der Waals surface area contributed by atoms with Crippen LogP contribution in [0.2, 0.25) is 0 Å². The summed E-state index contributed by atoms with van der Waals surface area (Å²) in [6.07, 6.45) is 1.94. The molecule has 1 heterocycles. The third-order valence-electron chi connectivity index (χ3n) is 2.64. The van der Waals surface area contributed by atoms with Crippen molar-refractivity contribution in [1.29, 1.82) is 0 Å². The van der Waals surface area contributed by atoms with Crippen molar-refractivity contribution in [2.45, 2.75) is 13.2 Å². The van der Waals surface area contributed by atoms with Crippen LogP contribution in [0.4, 0.5) is 5.69 Å². The summed E-state index contributed by atoms with van der Waals surface area (Å²) in [4.78, 5) is 0. The molecular weight excluding hydrogens is 294 g/mol. The Morgan fingerprint density at radius 3 is 2.89 bits per heavy atom. The maximum atomic E-state index is 5.22. The lowest BCUT2D eigenvalue weighted by Crippen LogP contribution is -2.04. The van der Waals surface area contributed by atoms with Crippen LogP contribution in [0.15, 0.2) is 34.9 Å². The summed E-state index contributed by atoms with van der Waals surface area (Å²) < 4.78 is 8.07. The minimum atomic E-state index is 0.575. The minimum absolute atomic E-state index is 0.575. The van der Waals surface area contributed by atoms with Crippen molar-refractivity contribution in [3.8, 4) is 0 Å². The molecule has 2 aromatic rings. The van der Waals surface area contributed by atoms with Gasteiger partial charge in [-0.1, -0.05) is 22.0 Å². The van der Waals surface area contributed by atoms with Crippen LogP contribution in [-0.2, 0) is 24.9 Å². The molecule has 1 N–H and O–H groups in total. The number of hydrogen-bond donors (Lipinski definition) is 1. The number of halogens is 1. The van der Waals surface area contributed by atoms with Crippen LogP contribution in [0, 0.1) is 0 Å². The molecule has 0 aliphatic rings. The largest absolute Gasteiger partial charge is 0.380 e. The van der Waals surface area contributed by atoms with Crippen molar-refractivity contribution >= 4 is 21.6 Å². The third kappa shape index (κ3) is 3.11. The van der Waals surface area contributed by atoms with E-state index in [-0.39, 0.29) is 0 Å². The van der Waals surface area contributed by atoms with Crippen molar-refractivity contribution in [2.24, 2.45) is 7.05 Å². The van der Waals surface area contributed by atoms with Crippen LogP contribution >= 0.6 is 15.9 Å². The fourth-order valence-electron chi connectivity index (χ4n) is 1.76. The van der Waals surface area contributed by atoms with Crippen LogP contribution < -0.4 is 5.32 Å². The van der Waals surface area contributed by atoms with Crippen molar-refractivity contribution in [3.05, 3.63) is 46.2 Å². The number of rotatable bonds is 5. The van der Waals surface area contributed by atoms with Gasteiger partial charge in [-0.15, -0.1) is 0 Å². The first-order valence-electron chi connectivity index (χ1n) is 5.69. The molecule has 0 bridgehead atoms. The van der Waals surface area contributed by atoms with E-state index in [9.17, 15) is 0 Å². The molecule has 0 saturated carbocycles. The van der Waals surface area contributed by atoms with Crippen LogP contribution in [0.25, 0.3) is 0 Å². The van der Waals surface area contributed by atoms with E-state index < -0.39 is 0 Å². The van der Waals surface area contributed by atoms with E-state index >= 15 is 0 Å². The second-order valence-electron chi connectivity index (χ2n) is 4.03. The normalized spacial score (nSPS) is 10.6. The standard InChI is InChI=1S/C13H16BrN3O/c1-17-7-6-10(16-17)8-15-13-5-3-4-12(14)11(13)9-18-2/h3-7,15H,8-9H2,1-2H3. The van der Waals surface area contributed by atoms with Gasteiger partial charge in [0.15, 0.2) is 0 Å². The van der Waals surface area contributed by atoms with E-state index in [0.29, 0.717) is 13.2 Å². The minimum Gasteiger partial charge on any atom is -0.380 e. The lowest BCUT2D eigenvalue weighted by Gasteiger charge is -2.12. The highest BCUT2D eigenvalue weighted by Gasteiger charge is 2.06. The predicted molar refractivity (Wildman–Crippen MR) is 75.4 cm³/mol. The number of hydrogen-bond acceptors (Lipinski definition) is 3. The zero-order valence-corrected chi connectivity index (χ0v) is 12.1. The van der Waals surface area contributed by atoms with E-state index in [4.69, 9.17) is 4.74 Å². The van der Waals surface area contributed by atoms with E-state index in [1.54, 1.807) is 11.8 Å². The van der Waals surface area contributed by atoms with Gasteiger partial charge in [0.1, 0.15) is 0 Å². The molecule has 0 radical (unpaired) electrons. The van der Waals surface area contributed by atoms with E-state index in [0.717, 1.165) is 21.4 Å². The molecule has 4 nitrogen and oxygen atoms in total. The van der Waals surface area contributed by atoms with Crippen LogP contribution in [0.1, 0.15) is 11.3 Å². The lowest BCUT2D eigenvalue weighted by molar-refractivity contribution is 0.185. The number of anilines is 1. The Morgan fingerprint density at radius 1 is 1.39 bits per heavy atom. The van der Waals surface area contributed by atoms with Crippen molar-refractivity contribution < 1.29 is 4.74 Å². The Kier molecular flexibility index (Phi) is 4.38. The zero-order valence-electron chi connectivity index (χ0n) is 10.5. The molecule has 0 amide bonds. The number of nitrogens with one attached hydrogen (secondary N) is 1. The highest BCUT2D eigenvalue weighted by molar-refractivity contribution is 9.10. The summed E-state index contributed by atoms with van der Waals surface area (Å²) in [6.45, 7) is 1.28. The number of nitrogens with zero attached hydrogens (tertiary/aromatic N) is 2. The van der Waals surface area contributed by atoms with Crippen LogP contribution in [-0.4, -0.2) is 16.9 Å². The molecule has 96 valence electrons. The highest BCUT2D eigenvalue weighted by atomic mass is 79.9. The number of ether oxygens (including phenoxy) is 1. The quantitative estimate of drug-likeness (QED) is 0.923. The average Bonchev–Trinajstić information content (AvgIpc) is 2.76. The average molecular weight is 310 g/mol. The van der Waals surface area contributed by atoms with Gasteiger partial charge in [0.25, 0.3) is 0 Å². The maximum absolute atomic E-state index is 5.22. The second kappa shape index (κ2) is 6.02. The van der Waals surface area contributed by atoms with Gasteiger partial charge in [-0.25, -0.2) is 0 Å². The molecule has 5 heteroatoms. The molecule has 0 unspecified atom stereocenters. The smallest absolute Gasteiger partial charge is 0.0815 e. The lowest BCUT2D eigenvalue weighted by atomic mass is 10.2. The molecule has 1 aromatic carbocycles. The zero-order chi connectivity index (χ0) is 13.0. The fraction of sp³-hybridized carbons (Fsp3) is 0.308. The topological polar surface area (TPSA) is 39.1 Å². The molecule has 1 aromatic heterocycles. The van der Waals surface area contributed by atoms with Gasteiger partial charge < -0.3 is 10.1 Å². The van der Waals surface area contributed by atoms with Crippen LogP contribution in [0.3, 0.4) is 0 Å². The first kappa shape index (κ1) is 13.1. The van der Waals surface area contributed by atoms with Gasteiger partial charge in [-0.05, 0) is 18.2 Å². The third-order valence-corrected chi connectivity index (χ3v) is 3.38. The molecule has 0 spiro atoms. The fourth-order valence-corrected chi connectivity index (χ4v) is 2.24. The Morgan fingerprint density at radius 2 is 2.22 bits per heavy atom. The van der Waals surface area contributed by atoms with E-state index in [2.05, 4.69) is 26.3 Å². The summed E-state index contributed by atoms with van der Waals surface area (Å²) in [7, 11) is 3.61. The molecule has 0 aliphatic heterocycles. The SMILES string of the molecule is COCc1c(Br)cccc1NCc1ccn(C)n1. The molecule has 0 saturated heterocycles. The summed E-state index contributed by atoms with van der Waals surface area (Å²) in [5, 5.41) is 7.72. The van der Waals surface area contributed by atoms with Gasteiger partial charge in [0, 0.05) is 36.1 Å². The predicted octanol–water partition coefficient (Wildman–Crippen LogP) is 2.94. The maximum Gasteiger partial charge on any atom is 0.0815 e. The summed E-state index contributed by atoms with van der Waals surface area (Å²) >= 11 is 3.54. The van der Waals surface area contributed by atoms with Crippen molar-refractivity contribution in [3.63, 3.8) is 0 Å². The Hall–Kier alpha value is -1.33. The molecule has 0 fully saturated rings. The molecule has 18 heavy (non-hydrogen) atoms. The molecule has 2 rings (SSSR count). The second-order valence-corrected chi connectivity index (χ2v) is 4.89. The molecule has 0 atom stereocenters. The van der Waals surface area contributed by atoms with Gasteiger partial charge in [0.2, 0.25) is 0 Å². The Labute approximate surface area is 115 Å². The van der Waals surface area contributed by atoms with Crippen molar-refractivity contribution in [2.75, 3.05) is 12.4 Å². The number of aromatic nitrogens is 2. The molecule has 0 aliphatic carbocycles. The van der Waals surface area contributed by atoms with Gasteiger partial charge in [0.05, 0.1) is 18.8 Å². The Bertz CT molecular complexity index is 525. The molecular formula is C13H16BrN3O. The Balaban J connectivity index is 2.11. The van der Waals surface area contributed by atoms with Gasteiger partial charge in [-0.3, -0.25) is 4.68 Å². The highest BCUT2D eigenvalue weighted by Crippen LogP contribution is 2.25. The first-order chi connectivity index (χ1) is 8.70. The van der Waals surface area contributed by atoms with Gasteiger partial charge in [-0.2, -0.15) is 5.10 Å². The van der Waals surface area contributed by atoms with E-state index in [1.165, 1.54) is 0 Å². The van der Waals surface area contributed by atoms with Crippen LogP contribution in [0.5, 0.6) is 0 Å². The number of benzene rings is 1. The van der Waals surface area contributed by atoms with E-state index in [1.807, 2.05) is 37.5 Å². The van der Waals surface area contributed by atoms with Gasteiger partial charge >= 0.3 is 0 Å². The summed E-state index contributed by atoms with van der Waals surface area (Å²) in [5.41, 5.74) is 3.20. The number of aryl methyl sites for hydroxylation is 1. The first-order valence-corrected chi connectivity index (χ1v) is 6.48. The summed E-state index contributed by atoms with van der Waals surface area (Å²) in [5.74, 6) is 0. The van der Waals surface area contributed by atoms with Crippen molar-refractivity contribution in [1.82, 2.24) is 9.78 Å².